The highest BCUT2D eigenvalue weighted by atomic mass is 35.5. The summed E-state index contributed by atoms with van der Waals surface area (Å²) in [6.45, 7) is 0. The monoisotopic (exact) mass is 468 g/mol. The second-order valence-electron chi connectivity index (χ2n) is 7.54. The average Bonchev–Trinajstić information content (AvgIpc) is 3.32. The summed E-state index contributed by atoms with van der Waals surface area (Å²) in [6, 6.07) is 21.0. The van der Waals surface area contributed by atoms with Crippen molar-refractivity contribution in [2.75, 3.05) is 17.1 Å². The number of fused-ring (bicyclic) bond motifs is 1. The summed E-state index contributed by atoms with van der Waals surface area (Å²) in [5.41, 5.74) is 1.95. The maximum Gasteiger partial charge on any atom is 0.266 e. The van der Waals surface area contributed by atoms with Gasteiger partial charge in [0.25, 0.3) is 5.91 Å². The highest BCUT2D eigenvalue weighted by Gasteiger charge is 2.60. The molecular formula is C24H18Cl2N2O4. The normalized spacial score (nSPS) is 22.4. The van der Waals surface area contributed by atoms with Gasteiger partial charge in [-0.05, 0) is 48.0 Å². The highest BCUT2D eigenvalue weighted by Crippen LogP contribution is 2.48. The lowest BCUT2D eigenvalue weighted by atomic mass is 9.90. The maximum absolute atomic E-state index is 13.6. The van der Waals surface area contributed by atoms with Crippen LogP contribution in [-0.2, 0) is 14.4 Å². The Balaban J connectivity index is 1.57. The molecule has 0 aliphatic carbocycles. The molecule has 3 atom stereocenters. The van der Waals surface area contributed by atoms with E-state index in [2.05, 4.69) is 0 Å². The number of hydrogen-bond acceptors (Lipinski definition) is 5. The lowest BCUT2D eigenvalue weighted by molar-refractivity contribution is -0.126. The number of methoxy groups -OCH3 is 1. The van der Waals surface area contributed by atoms with Crippen LogP contribution < -0.4 is 14.7 Å². The smallest absolute Gasteiger partial charge is 0.266 e. The number of carbonyl (C=O) groups is 2. The Bertz CT molecular complexity index is 1190. The molecule has 3 aromatic carbocycles. The van der Waals surface area contributed by atoms with E-state index < -0.39 is 24.0 Å². The number of nitrogens with zero attached hydrogens (tertiary/aromatic N) is 2. The van der Waals surface area contributed by atoms with Crippen LogP contribution in [0.15, 0.2) is 72.8 Å². The van der Waals surface area contributed by atoms with Gasteiger partial charge in [0.2, 0.25) is 5.91 Å². The third-order valence-electron chi connectivity index (χ3n) is 5.74. The first-order valence-electron chi connectivity index (χ1n) is 9.97. The van der Waals surface area contributed by atoms with Crippen molar-refractivity contribution in [1.29, 1.82) is 0 Å². The Morgan fingerprint density at radius 2 is 1.56 bits per heavy atom. The van der Waals surface area contributed by atoms with Crippen LogP contribution in [0.5, 0.6) is 5.75 Å². The molecule has 2 heterocycles. The van der Waals surface area contributed by atoms with Crippen molar-refractivity contribution < 1.29 is 19.2 Å². The molecule has 2 aliphatic heterocycles. The van der Waals surface area contributed by atoms with Crippen LogP contribution >= 0.6 is 23.2 Å². The van der Waals surface area contributed by atoms with E-state index >= 15 is 0 Å². The van der Waals surface area contributed by atoms with Crippen molar-refractivity contribution in [3.05, 3.63) is 88.4 Å². The summed E-state index contributed by atoms with van der Waals surface area (Å²) >= 11 is 12.1. The maximum atomic E-state index is 13.6. The number of para-hydroxylation sites is 1. The van der Waals surface area contributed by atoms with E-state index in [1.54, 1.807) is 24.3 Å². The number of amides is 2. The SMILES string of the molecule is COc1ccc([C@H]2[C@@H]3C(=O)N(c4ccc(Cl)c(Cl)c4)C(=O)[C@H]3ON2c2ccccc2)cc1. The van der Waals surface area contributed by atoms with Gasteiger partial charge in [-0.25, -0.2) is 9.96 Å². The number of hydrogen-bond donors (Lipinski definition) is 0. The van der Waals surface area contributed by atoms with E-state index in [9.17, 15) is 9.59 Å². The molecule has 3 aromatic rings. The van der Waals surface area contributed by atoms with E-state index in [4.69, 9.17) is 32.8 Å². The zero-order chi connectivity index (χ0) is 22.4. The Labute approximate surface area is 194 Å². The Kier molecular flexibility index (Phi) is 5.29. The van der Waals surface area contributed by atoms with Gasteiger partial charge in [-0.2, -0.15) is 0 Å². The number of carbonyl (C=O) groups excluding carboxylic acids is 2. The third kappa shape index (κ3) is 3.32. The molecule has 8 heteroatoms. The average molecular weight is 469 g/mol. The van der Waals surface area contributed by atoms with Crippen LogP contribution in [0.3, 0.4) is 0 Å². The Hall–Kier alpha value is -3.06. The summed E-state index contributed by atoms with van der Waals surface area (Å²) in [5.74, 6) is -0.819. The van der Waals surface area contributed by atoms with Gasteiger partial charge in [-0.3, -0.25) is 14.4 Å². The van der Waals surface area contributed by atoms with Crippen molar-refractivity contribution >= 4 is 46.4 Å². The fourth-order valence-corrected chi connectivity index (χ4v) is 4.52. The molecule has 0 spiro atoms. The van der Waals surface area contributed by atoms with E-state index in [-0.39, 0.29) is 10.9 Å². The minimum atomic E-state index is -0.954. The summed E-state index contributed by atoms with van der Waals surface area (Å²) in [7, 11) is 1.59. The number of imide groups is 1. The van der Waals surface area contributed by atoms with Gasteiger partial charge in [0.1, 0.15) is 11.7 Å². The number of benzene rings is 3. The molecule has 6 nitrogen and oxygen atoms in total. The lowest BCUT2D eigenvalue weighted by Crippen LogP contribution is -2.37. The molecule has 0 radical (unpaired) electrons. The summed E-state index contributed by atoms with van der Waals surface area (Å²) in [5, 5.41) is 2.26. The largest absolute Gasteiger partial charge is 0.497 e. The molecule has 0 aromatic heterocycles. The molecule has 0 N–H and O–H groups in total. The van der Waals surface area contributed by atoms with Crippen LogP contribution in [0.4, 0.5) is 11.4 Å². The van der Waals surface area contributed by atoms with Crippen LogP contribution in [0, 0.1) is 5.92 Å². The fourth-order valence-electron chi connectivity index (χ4n) is 4.23. The number of hydroxylamine groups is 1. The van der Waals surface area contributed by atoms with E-state index in [0.717, 1.165) is 16.2 Å². The minimum Gasteiger partial charge on any atom is -0.497 e. The summed E-state index contributed by atoms with van der Waals surface area (Å²) < 4.78 is 5.27. The van der Waals surface area contributed by atoms with Gasteiger partial charge in [0.05, 0.1) is 34.6 Å². The molecular weight excluding hydrogens is 451 g/mol. The predicted molar refractivity (Wildman–Crippen MR) is 122 cm³/mol. The van der Waals surface area contributed by atoms with Crippen LogP contribution in [-0.4, -0.2) is 25.0 Å². The van der Waals surface area contributed by atoms with Crippen LogP contribution in [0.25, 0.3) is 0 Å². The number of halogens is 2. The molecule has 0 saturated carbocycles. The zero-order valence-corrected chi connectivity index (χ0v) is 18.5. The second-order valence-corrected chi connectivity index (χ2v) is 8.36. The first kappa shape index (κ1) is 20.8. The standard InChI is InChI=1S/C24H18Cl2N2O4/c1-31-17-10-7-14(8-11-17)21-20-22(32-28(21)15-5-3-2-4-6-15)24(30)27(23(20)29)16-9-12-18(25)19(26)13-16/h2-13,20-22H,1H3/t20-,21-,22-/m0/s1. The number of rotatable bonds is 4. The molecule has 5 rings (SSSR count). The molecule has 2 aliphatic rings. The number of anilines is 2. The van der Waals surface area contributed by atoms with Crippen LogP contribution in [0.2, 0.25) is 10.0 Å². The van der Waals surface area contributed by atoms with E-state index in [1.807, 2.05) is 54.6 Å². The highest BCUT2D eigenvalue weighted by molar-refractivity contribution is 6.42. The molecule has 32 heavy (non-hydrogen) atoms. The summed E-state index contributed by atoms with van der Waals surface area (Å²) in [6.07, 6.45) is -0.954. The van der Waals surface area contributed by atoms with Gasteiger partial charge in [-0.15, -0.1) is 0 Å². The Morgan fingerprint density at radius 3 is 2.22 bits per heavy atom. The second kappa shape index (κ2) is 8.13. The topological polar surface area (TPSA) is 59.1 Å². The molecule has 2 saturated heterocycles. The van der Waals surface area contributed by atoms with Gasteiger partial charge in [0.15, 0.2) is 6.10 Å². The predicted octanol–water partition coefficient (Wildman–Crippen LogP) is 5.05. The van der Waals surface area contributed by atoms with Gasteiger partial charge in [0, 0.05) is 0 Å². The Morgan fingerprint density at radius 1 is 0.844 bits per heavy atom. The number of ether oxygens (including phenoxy) is 1. The van der Waals surface area contributed by atoms with E-state index in [1.165, 1.54) is 6.07 Å². The fraction of sp³-hybridized carbons (Fsp3) is 0.167. The lowest BCUT2D eigenvalue weighted by Gasteiger charge is -2.28. The van der Waals surface area contributed by atoms with Crippen LogP contribution in [0.1, 0.15) is 11.6 Å². The van der Waals surface area contributed by atoms with Gasteiger partial charge >= 0.3 is 0 Å². The van der Waals surface area contributed by atoms with Crippen molar-refractivity contribution in [3.63, 3.8) is 0 Å². The quantitative estimate of drug-likeness (QED) is 0.501. The van der Waals surface area contributed by atoms with Crippen molar-refractivity contribution in [2.24, 2.45) is 5.92 Å². The van der Waals surface area contributed by atoms with Gasteiger partial charge < -0.3 is 4.74 Å². The first-order chi connectivity index (χ1) is 15.5. The summed E-state index contributed by atoms with van der Waals surface area (Å²) in [4.78, 5) is 34.1. The van der Waals surface area contributed by atoms with E-state index in [0.29, 0.717) is 16.5 Å². The van der Waals surface area contributed by atoms with Crippen molar-refractivity contribution in [2.45, 2.75) is 12.1 Å². The molecule has 2 amide bonds. The minimum absolute atomic E-state index is 0.264. The molecule has 162 valence electrons. The molecule has 2 fully saturated rings. The third-order valence-corrected chi connectivity index (χ3v) is 6.48. The van der Waals surface area contributed by atoms with Gasteiger partial charge in [-0.1, -0.05) is 53.5 Å². The zero-order valence-electron chi connectivity index (χ0n) is 16.9. The molecule has 0 bridgehead atoms. The van der Waals surface area contributed by atoms with Crippen molar-refractivity contribution in [1.82, 2.24) is 0 Å². The first-order valence-corrected chi connectivity index (χ1v) is 10.7. The van der Waals surface area contributed by atoms with Crippen molar-refractivity contribution in [3.8, 4) is 5.75 Å². The molecule has 0 unspecified atom stereocenters.